The van der Waals surface area contributed by atoms with E-state index in [1.165, 1.54) is 6.92 Å². The van der Waals surface area contributed by atoms with Gasteiger partial charge in [0.25, 0.3) is 0 Å². The third kappa shape index (κ3) is 4.85. The molecule has 0 saturated carbocycles. The fraction of sp³-hybridized carbons (Fsp3) is 0.320. The molecule has 0 unspecified atom stereocenters. The van der Waals surface area contributed by atoms with Crippen molar-refractivity contribution in [1.82, 2.24) is 4.98 Å². The van der Waals surface area contributed by atoms with Gasteiger partial charge in [0.1, 0.15) is 5.82 Å². The van der Waals surface area contributed by atoms with E-state index in [0.717, 1.165) is 65.2 Å². The van der Waals surface area contributed by atoms with Crippen LogP contribution in [0.4, 0.5) is 17.2 Å². The second-order valence-electron chi connectivity index (χ2n) is 8.33. The summed E-state index contributed by atoms with van der Waals surface area (Å²) in [5.74, 6) is 0.961. The maximum Gasteiger partial charge on any atom is 0.227 e. The molecule has 1 aliphatic rings. The van der Waals surface area contributed by atoms with E-state index in [1.807, 2.05) is 49.4 Å². The van der Waals surface area contributed by atoms with Crippen LogP contribution in [0.1, 0.15) is 30.9 Å². The average Bonchev–Trinajstić information content (AvgIpc) is 2.74. The van der Waals surface area contributed by atoms with E-state index in [0.29, 0.717) is 0 Å². The van der Waals surface area contributed by atoms with Crippen molar-refractivity contribution in [3.63, 3.8) is 0 Å². The summed E-state index contributed by atoms with van der Waals surface area (Å²) in [4.78, 5) is 31.1. The van der Waals surface area contributed by atoms with E-state index in [4.69, 9.17) is 4.98 Å². The number of amides is 2. The molecule has 6 nitrogen and oxygen atoms in total. The quantitative estimate of drug-likeness (QED) is 0.648. The minimum Gasteiger partial charge on any atom is -0.357 e. The Morgan fingerprint density at radius 3 is 2.42 bits per heavy atom. The highest BCUT2D eigenvalue weighted by Crippen LogP contribution is 2.28. The average molecular weight is 417 g/mol. The molecular formula is C25H28N4O2. The first-order valence-electron chi connectivity index (χ1n) is 10.7. The third-order valence-corrected chi connectivity index (χ3v) is 5.80. The first-order valence-corrected chi connectivity index (χ1v) is 10.7. The lowest BCUT2D eigenvalue weighted by Crippen LogP contribution is -2.38. The molecule has 2 N–H and O–H groups in total. The minimum atomic E-state index is -0.0871. The van der Waals surface area contributed by atoms with E-state index in [-0.39, 0.29) is 17.7 Å². The molecule has 0 bridgehead atoms. The van der Waals surface area contributed by atoms with Crippen molar-refractivity contribution in [1.29, 1.82) is 0 Å². The predicted octanol–water partition coefficient (Wildman–Crippen LogP) is 4.67. The van der Waals surface area contributed by atoms with Crippen LogP contribution in [-0.4, -0.2) is 29.9 Å². The van der Waals surface area contributed by atoms with Crippen molar-refractivity contribution in [2.45, 2.75) is 33.6 Å². The van der Waals surface area contributed by atoms with Gasteiger partial charge in [0.2, 0.25) is 11.8 Å². The summed E-state index contributed by atoms with van der Waals surface area (Å²) in [6.45, 7) is 7.19. The maximum absolute atomic E-state index is 12.7. The monoisotopic (exact) mass is 416 g/mol. The van der Waals surface area contributed by atoms with Crippen LogP contribution in [0.2, 0.25) is 0 Å². The number of aromatic nitrogens is 1. The van der Waals surface area contributed by atoms with Gasteiger partial charge in [0.05, 0.1) is 5.52 Å². The van der Waals surface area contributed by atoms with Crippen LogP contribution in [0.3, 0.4) is 0 Å². The van der Waals surface area contributed by atoms with Gasteiger partial charge in [-0.1, -0.05) is 12.1 Å². The lowest BCUT2D eigenvalue weighted by molar-refractivity contribution is -0.120. The van der Waals surface area contributed by atoms with Gasteiger partial charge in [0, 0.05) is 42.7 Å². The van der Waals surface area contributed by atoms with Crippen molar-refractivity contribution in [3.05, 3.63) is 59.7 Å². The second-order valence-corrected chi connectivity index (χ2v) is 8.33. The van der Waals surface area contributed by atoms with Gasteiger partial charge in [-0.25, -0.2) is 4.98 Å². The Morgan fingerprint density at radius 1 is 0.968 bits per heavy atom. The molecule has 0 radical (unpaired) electrons. The number of piperidine rings is 1. The van der Waals surface area contributed by atoms with Crippen LogP contribution in [0.25, 0.3) is 10.9 Å². The molecular weight excluding hydrogens is 388 g/mol. The molecule has 2 amide bonds. The summed E-state index contributed by atoms with van der Waals surface area (Å²) in [7, 11) is 0. The van der Waals surface area contributed by atoms with E-state index in [1.54, 1.807) is 0 Å². The van der Waals surface area contributed by atoms with Crippen molar-refractivity contribution in [2.75, 3.05) is 28.6 Å². The smallest absolute Gasteiger partial charge is 0.227 e. The molecule has 31 heavy (non-hydrogen) atoms. The number of hydrogen-bond acceptors (Lipinski definition) is 4. The predicted molar refractivity (Wildman–Crippen MR) is 126 cm³/mol. The van der Waals surface area contributed by atoms with Gasteiger partial charge in [0.15, 0.2) is 0 Å². The fourth-order valence-electron chi connectivity index (χ4n) is 4.16. The summed E-state index contributed by atoms with van der Waals surface area (Å²) in [6.07, 6.45) is 1.61. The van der Waals surface area contributed by atoms with Gasteiger partial charge in [-0.2, -0.15) is 0 Å². The highest BCUT2D eigenvalue weighted by atomic mass is 16.2. The highest BCUT2D eigenvalue weighted by Gasteiger charge is 2.26. The molecule has 1 fully saturated rings. The van der Waals surface area contributed by atoms with Gasteiger partial charge in [-0.15, -0.1) is 0 Å². The molecule has 1 saturated heterocycles. The number of hydrogen-bond donors (Lipinski definition) is 2. The van der Waals surface area contributed by atoms with Crippen LogP contribution in [0, 0.1) is 19.8 Å². The van der Waals surface area contributed by atoms with E-state index in [2.05, 4.69) is 28.5 Å². The largest absolute Gasteiger partial charge is 0.357 e. The van der Waals surface area contributed by atoms with Crippen LogP contribution >= 0.6 is 0 Å². The topological polar surface area (TPSA) is 74.3 Å². The number of nitrogens with zero attached hydrogens (tertiary/aromatic N) is 2. The van der Waals surface area contributed by atoms with Gasteiger partial charge >= 0.3 is 0 Å². The summed E-state index contributed by atoms with van der Waals surface area (Å²) < 4.78 is 0. The zero-order valence-electron chi connectivity index (χ0n) is 18.2. The number of carbonyl (C=O) groups is 2. The third-order valence-electron chi connectivity index (χ3n) is 5.80. The van der Waals surface area contributed by atoms with E-state index in [9.17, 15) is 9.59 Å². The molecule has 0 atom stereocenters. The molecule has 2 aromatic carbocycles. The molecule has 0 aliphatic carbocycles. The number of carbonyl (C=O) groups excluding carboxylic acids is 2. The second kappa shape index (κ2) is 8.76. The van der Waals surface area contributed by atoms with Crippen molar-refractivity contribution in [3.8, 4) is 0 Å². The van der Waals surface area contributed by atoms with Crippen molar-refractivity contribution in [2.24, 2.45) is 5.92 Å². The van der Waals surface area contributed by atoms with Crippen molar-refractivity contribution < 1.29 is 9.59 Å². The number of pyridine rings is 1. The zero-order valence-corrected chi connectivity index (χ0v) is 18.2. The Labute approximate surface area is 182 Å². The number of fused-ring (bicyclic) bond motifs is 1. The molecule has 1 aliphatic heterocycles. The fourth-order valence-corrected chi connectivity index (χ4v) is 4.16. The first-order chi connectivity index (χ1) is 14.9. The zero-order chi connectivity index (χ0) is 22.0. The molecule has 1 aromatic heterocycles. The van der Waals surface area contributed by atoms with Gasteiger partial charge in [-0.05, 0) is 74.2 Å². The number of rotatable bonds is 4. The Morgan fingerprint density at radius 2 is 1.71 bits per heavy atom. The summed E-state index contributed by atoms with van der Waals surface area (Å²) >= 11 is 0. The minimum absolute atomic E-state index is 0.0125. The maximum atomic E-state index is 12.7. The Balaban J connectivity index is 1.43. The van der Waals surface area contributed by atoms with Crippen LogP contribution < -0.4 is 15.5 Å². The highest BCUT2D eigenvalue weighted by molar-refractivity contribution is 5.94. The summed E-state index contributed by atoms with van der Waals surface area (Å²) in [6, 6.07) is 15.8. The molecule has 6 heteroatoms. The normalized spacial score (nSPS) is 14.5. The molecule has 4 rings (SSSR count). The lowest BCUT2D eigenvalue weighted by atomic mass is 9.95. The Hall–Kier alpha value is -3.41. The first kappa shape index (κ1) is 20.8. The van der Waals surface area contributed by atoms with E-state index >= 15 is 0 Å². The van der Waals surface area contributed by atoms with Gasteiger partial charge in [-0.3, -0.25) is 9.59 Å². The summed E-state index contributed by atoms with van der Waals surface area (Å²) in [5, 5.41) is 6.91. The molecule has 160 valence electrons. The van der Waals surface area contributed by atoms with Crippen molar-refractivity contribution >= 4 is 39.9 Å². The summed E-state index contributed by atoms with van der Waals surface area (Å²) in [5.41, 5.74) is 4.79. The number of anilines is 3. The molecule has 0 spiro atoms. The number of benzene rings is 2. The van der Waals surface area contributed by atoms with Crippen LogP contribution in [0.15, 0.2) is 48.5 Å². The SMILES string of the molecule is CC(=O)Nc1ccc2nc(N3CCC(C(=O)Nc4cccc(C)c4)CC3)cc(C)c2c1. The van der Waals surface area contributed by atoms with Crippen LogP contribution in [0.5, 0.6) is 0 Å². The Bertz CT molecular complexity index is 1130. The number of aryl methyl sites for hydroxylation is 2. The molecule has 2 heterocycles. The number of nitrogens with one attached hydrogen (secondary N) is 2. The van der Waals surface area contributed by atoms with E-state index < -0.39 is 0 Å². The van der Waals surface area contributed by atoms with Crippen LogP contribution in [-0.2, 0) is 9.59 Å². The standard InChI is InChI=1S/C25H28N4O2/c1-16-5-4-6-20(13-16)27-25(31)19-9-11-29(12-10-19)24-14-17(2)22-15-21(26-18(3)30)7-8-23(22)28-24/h4-8,13-15,19H,9-12H2,1-3H3,(H,26,30)(H,27,31). The Kier molecular flexibility index (Phi) is 5.89. The molecule has 3 aromatic rings. The van der Waals surface area contributed by atoms with Gasteiger partial charge < -0.3 is 15.5 Å². The lowest BCUT2D eigenvalue weighted by Gasteiger charge is -2.32.